The SMILES string of the molecule is COc1cc(C=CC(=O)CC(=O)C=Cc2ccc(O)c(OC(C(C)=O)C(C)=O)c2)ccc1O. The minimum Gasteiger partial charge on any atom is -0.504 e. The van der Waals surface area contributed by atoms with E-state index in [-0.39, 0.29) is 29.4 Å². The van der Waals surface area contributed by atoms with Crippen LogP contribution >= 0.6 is 0 Å². The second-order valence-corrected chi connectivity index (χ2v) is 7.15. The van der Waals surface area contributed by atoms with Gasteiger partial charge in [0.25, 0.3) is 0 Å². The monoisotopic (exact) mass is 452 g/mol. The van der Waals surface area contributed by atoms with E-state index in [4.69, 9.17) is 9.47 Å². The van der Waals surface area contributed by atoms with Crippen molar-refractivity contribution in [2.24, 2.45) is 0 Å². The largest absolute Gasteiger partial charge is 0.504 e. The Labute approximate surface area is 190 Å². The summed E-state index contributed by atoms with van der Waals surface area (Å²) in [5.41, 5.74) is 1.08. The van der Waals surface area contributed by atoms with Crippen LogP contribution < -0.4 is 9.47 Å². The Hall–Kier alpha value is -4.20. The molecule has 0 saturated heterocycles. The van der Waals surface area contributed by atoms with Gasteiger partial charge in [0.1, 0.15) is 0 Å². The van der Waals surface area contributed by atoms with Crippen molar-refractivity contribution in [3.05, 3.63) is 59.7 Å². The first kappa shape index (κ1) is 25.1. The van der Waals surface area contributed by atoms with Crippen LogP contribution in [0.25, 0.3) is 12.2 Å². The van der Waals surface area contributed by atoms with Gasteiger partial charge in [-0.05, 0) is 61.4 Å². The van der Waals surface area contributed by atoms with Crippen molar-refractivity contribution >= 4 is 35.3 Å². The van der Waals surface area contributed by atoms with Crippen LogP contribution in [0.3, 0.4) is 0 Å². The van der Waals surface area contributed by atoms with Crippen molar-refractivity contribution in [3.8, 4) is 23.0 Å². The van der Waals surface area contributed by atoms with Crippen LogP contribution in [-0.4, -0.2) is 46.6 Å². The number of benzene rings is 2. The van der Waals surface area contributed by atoms with Gasteiger partial charge in [0, 0.05) is 0 Å². The second kappa shape index (κ2) is 11.4. The van der Waals surface area contributed by atoms with E-state index in [1.807, 2.05) is 0 Å². The Balaban J connectivity index is 2.03. The summed E-state index contributed by atoms with van der Waals surface area (Å²) in [5.74, 6) is -1.99. The number of hydrogen-bond acceptors (Lipinski definition) is 8. The lowest BCUT2D eigenvalue weighted by Crippen LogP contribution is -2.32. The fourth-order valence-electron chi connectivity index (χ4n) is 2.77. The molecule has 0 spiro atoms. The number of phenols is 2. The summed E-state index contributed by atoms with van der Waals surface area (Å²) >= 11 is 0. The van der Waals surface area contributed by atoms with Crippen molar-refractivity contribution in [1.82, 2.24) is 0 Å². The number of carbonyl (C=O) groups excluding carboxylic acids is 4. The van der Waals surface area contributed by atoms with Gasteiger partial charge in [-0.15, -0.1) is 0 Å². The molecule has 2 aromatic carbocycles. The van der Waals surface area contributed by atoms with E-state index in [0.29, 0.717) is 11.1 Å². The topological polar surface area (TPSA) is 127 Å². The number of ether oxygens (including phenoxy) is 2. The van der Waals surface area contributed by atoms with E-state index in [1.165, 1.54) is 69.5 Å². The molecular weight excluding hydrogens is 428 g/mol. The van der Waals surface area contributed by atoms with Crippen LogP contribution in [0.1, 0.15) is 31.4 Å². The molecule has 0 aliphatic rings. The van der Waals surface area contributed by atoms with Gasteiger partial charge in [0.05, 0.1) is 13.5 Å². The molecule has 0 amide bonds. The minimum atomic E-state index is -1.34. The molecule has 0 unspecified atom stereocenters. The highest BCUT2D eigenvalue weighted by Crippen LogP contribution is 2.29. The maximum absolute atomic E-state index is 12.1. The van der Waals surface area contributed by atoms with Crippen LogP contribution in [0.15, 0.2) is 48.6 Å². The predicted molar refractivity (Wildman–Crippen MR) is 121 cm³/mol. The van der Waals surface area contributed by atoms with E-state index in [1.54, 1.807) is 12.1 Å². The van der Waals surface area contributed by atoms with Gasteiger partial charge in [-0.3, -0.25) is 19.2 Å². The van der Waals surface area contributed by atoms with Gasteiger partial charge in [0.2, 0.25) is 6.10 Å². The third-order valence-electron chi connectivity index (χ3n) is 4.44. The quantitative estimate of drug-likeness (QED) is 0.393. The molecule has 8 heteroatoms. The van der Waals surface area contributed by atoms with E-state index in [0.717, 1.165) is 0 Å². The summed E-state index contributed by atoms with van der Waals surface area (Å²) in [6, 6.07) is 8.75. The molecule has 0 atom stereocenters. The van der Waals surface area contributed by atoms with Gasteiger partial charge < -0.3 is 19.7 Å². The lowest BCUT2D eigenvalue weighted by atomic mass is 10.1. The van der Waals surface area contributed by atoms with Crippen molar-refractivity contribution in [2.45, 2.75) is 26.4 Å². The number of phenolic OH excluding ortho intramolecular Hbond substituents is 2. The predicted octanol–water partition coefficient (Wildman–Crippen LogP) is 3.29. The van der Waals surface area contributed by atoms with Gasteiger partial charge in [-0.1, -0.05) is 24.3 Å². The second-order valence-electron chi connectivity index (χ2n) is 7.15. The Morgan fingerprint density at radius 1 is 0.818 bits per heavy atom. The van der Waals surface area contributed by atoms with Crippen LogP contribution in [0.5, 0.6) is 23.0 Å². The number of Topliss-reactive ketones (excluding diaryl/α,β-unsaturated/α-hetero) is 2. The first-order chi connectivity index (χ1) is 15.6. The summed E-state index contributed by atoms with van der Waals surface area (Å²) in [5, 5.41) is 19.5. The third-order valence-corrected chi connectivity index (χ3v) is 4.44. The zero-order valence-corrected chi connectivity index (χ0v) is 18.4. The van der Waals surface area contributed by atoms with E-state index in [9.17, 15) is 29.4 Å². The summed E-state index contributed by atoms with van der Waals surface area (Å²) in [4.78, 5) is 47.3. The first-order valence-electron chi connectivity index (χ1n) is 9.90. The lowest BCUT2D eigenvalue weighted by molar-refractivity contribution is -0.134. The number of hydrogen-bond donors (Lipinski definition) is 2. The molecule has 2 aromatic rings. The van der Waals surface area contributed by atoms with E-state index >= 15 is 0 Å². The molecule has 0 saturated carbocycles. The molecule has 0 bridgehead atoms. The number of rotatable bonds is 11. The van der Waals surface area contributed by atoms with Crippen molar-refractivity contribution in [3.63, 3.8) is 0 Å². The van der Waals surface area contributed by atoms with Crippen LogP contribution in [0.2, 0.25) is 0 Å². The van der Waals surface area contributed by atoms with Gasteiger partial charge in [0.15, 0.2) is 46.1 Å². The number of aromatic hydroxyl groups is 2. The zero-order valence-electron chi connectivity index (χ0n) is 18.4. The zero-order chi connectivity index (χ0) is 24.5. The molecule has 0 aliphatic carbocycles. The summed E-state index contributed by atoms with van der Waals surface area (Å²) in [6.07, 6.45) is 3.69. The lowest BCUT2D eigenvalue weighted by Gasteiger charge is -2.14. The maximum atomic E-state index is 12.1. The highest BCUT2D eigenvalue weighted by molar-refractivity contribution is 6.11. The Morgan fingerprint density at radius 3 is 1.73 bits per heavy atom. The number of methoxy groups -OCH3 is 1. The van der Waals surface area contributed by atoms with E-state index in [2.05, 4.69) is 0 Å². The molecular formula is C25H24O8. The van der Waals surface area contributed by atoms with E-state index < -0.39 is 29.2 Å². The van der Waals surface area contributed by atoms with Crippen molar-refractivity contribution in [1.29, 1.82) is 0 Å². The Kier molecular flexibility index (Phi) is 8.68. The summed E-state index contributed by atoms with van der Waals surface area (Å²) in [7, 11) is 1.41. The van der Waals surface area contributed by atoms with Gasteiger partial charge >= 0.3 is 0 Å². The average Bonchev–Trinajstić information content (AvgIpc) is 2.76. The van der Waals surface area contributed by atoms with Crippen LogP contribution in [0.4, 0.5) is 0 Å². The first-order valence-corrected chi connectivity index (χ1v) is 9.90. The molecule has 0 radical (unpaired) electrons. The molecule has 2 N–H and O–H groups in total. The number of allylic oxidation sites excluding steroid dienone is 2. The molecule has 0 heterocycles. The number of carbonyl (C=O) groups is 4. The normalized spacial score (nSPS) is 11.2. The van der Waals surface area contributed by atoms with Gasteiger partial charge in [-0.25, -0.2) is 0 Å². The number of ketones is 4. The minimum absolute atomic E-state index is 0.0258. The highest BCUT2D eigenvalue weighted by atomic mass is 16.5. The fraction of sp³-hybridized carbons (Fsp3) is 0.200. The summed E-state index contributed by atoms with van der Waals surface area (Å²) < 4.78 is 10.3. The third kappa shape index (κ3) is 7.46. The summed E-state index contributed by atoms with van der Waals surface area (Å²) in [6.45, 7) is 2.41. The van der Waals surface area contributed by atoms with Crippen LogP contribution in [-0.2, 0) is 19.2 Å². The van der Waals surface area contributed by atoms with Crippen LogP contribution in [0, 0.1) is 0 Å². The van der Waals surface area contributed by atoms with Crippen molar-refractivity contribution < 1.29 is 38.9 Å². The standard InChI is InChI=1S/C25H24O8/c1-15(26)25(16(2)27)33-24-13-18(7-11-22(24)31)5-9-20(29)14-19(28)8-4-17-6-10-21(30)23(12-17)32-3/h4-13,25,30-31H,14H2,1-3H3. The Bertz CT molecular complexity index is 1110. The smallest absolute Gasteiger partial charge is 0.214 e. The molecule has 0 aromatic heterocycles. The maximum Gasteiger partial charge on any atom is 0.214 e. The molecule has 33 heavy (non-hydrogen) atoms. The Morgan fingerprint density at radius 2 is 1.27 bits per heavy atom. The average molecular weight is 452 g/mol. The van der Waals surface area contributed by atoms with Gasteiger partial charge in [-0.2, -0.15) is 0 Å². The fourth-order valence-corrected chi connectivity index (χ4v) is 2.77. The van der Waals surface area contributed by atoms with Crippen molar-refractivity contribution in [2.75, 3.05) is 7.11 Å². The molecule has 172 valence electrons. The molecule has 0 aliphatic heterocycles. The molecule has 2 rings (SSSR count). The molecule has 8 nitrogen and oxygen atoms in total. The molecule has 0 fully saturated rings. The highest BCUT2D eigenvalue weighted by Gasteiger charge is 2.22.